The SMILES string of the molecule is CCNC(CC)c1ccccc1N1CCC2CCCCC21. The predicted molar refractivity (Wildman–Crippen MR) is 90.9 cm³/mol. The lowest BCUT2D eigenvalue weighted by Crippen LogP contribution is -2.36. The smallest absolute Gasteiger partial charge is 0.0417 e. The van der Waals surface area contributed by atoms with E-state index in [1.807, 2.05) is 0 Å². The van der Waals surface area contributed by atoms with E-state index in [1.54, 1.807) is 0 Å². The summed E-state index contributed by atoms with van der Waals surface area (Å²) in [6.07, 6.45) is 8.28. The molecule has 21 heavy (non-hydrogen) atoms. The molecule has 3 unspecified atom stereocenters. The van der Waals surface area contributed by atoms with Crippen LogP contribution in [0.4, 0.5) is 5.69 Å². The van der Waals surface area contributed by atoms with E-state index < -0.39 is 0 Å². The molecule has 1 N–H and O–H groups in total. The zero-order chi connectivity index (χ0) is 14.7. The van der Waals surface area contributed by atoms with Gasteiger partial charge < -0.3 is 10.2 Å². The van der Waals surface area contributed by atoms with Gasteiger partial charge >= 0.3 is 0 Å². The van der Waals surface area contributed by atoms with Crippen LogP contribution in [0.2, 0.25) is 0 Å². The van der Waals surface area contributed by atoms with Crippen LogP contribution in [0.15, 0.2) is 24.3 Å². The molecule has 2 nitrogen and oxygen atoms in total. The van der Waals surface area contributed by atoms with Crippen molar-refractivity contribution in [2.75, 3.05) is 18.0 Å². The van der Waals surface area contributed by atoms with E-state index in [0.29, 0.717) is 6.04 Å². The summed E-state index contributed by atoms with van der Waals surface area (Å²) in [6.45, 7) is 6.80. The predicted octanol–water partition coefficient (Wildman–Crippen LogP) is 4.52. The molecule has 2 heteroatoms. The molecule has 116 valence electrons. The molecule has 2 fully saturated rings. The highest BCUT2D eigenvalue weighted by molar-refractivity contribution is 5.57. The molecule has 0 spiro atoms. The molecule has 1 heterocycles. The lowest BCUT2D eigenvalue weighted by Gasteiger charge is -2.35. The molecule has 1 saturated carbocycles. The summed E-state index contributed by atoms with van der Waals surface area (Å²) in [7, 11) is 0. The fourth-order valence-electron chi connectivity index (χ4n) is 4.47. The van der Waals surface area contributed by atoms with Crippen molar-refractivity contribution in [3.63, 3.8) is 0 Å². The first kappa shape index (κ1) is 14.9. The molecule has 0 amide bonds. The molecule has 1 aliphatic heterocycles. The Bertz CT molecular complexity index is 457. The van der Waals surface area contributed by atoms with Crippen molar-refractivity contribution in [1.29, 1.82) is 0 Å². The Hall–Kier alpha value is -1.02. The lowest BCUT2D eigenvalue weighted by atomic mass is 9.85. The average molecular weight is 286 g/mol. The monoisotopic (exact) mass is 286 g/mol. The van der Waals surface area contributed by atoms with E-state index in [0.717, 1.165) is 24.9 Å². The molecule has 0 radical (unpaired) electrons. The molecule has 2 aliphatic rings. The Kier molecular flexibility index (Phi) is 4.84. The van der Waals surface area contributed by atoms with E-state index >= 15 is 0 Å². The molecule has 0 aromatic heterocycles. The number of rotatable bonds is 5. The largest absolute Gasteiger partial charge is 0.368 e. The second-order valence-corrected chi connectivity index (χ2v) is 6.67. The maximum Gasteiger partial charge on any atom is 0.0417 e. The maximum absolute atomic E-state index is 3.66. The standard InChI is InChI=1S/C19H30N2/c1-3-17(20-4-2)16-10-6-8-12-19(16)21-14-13-15-9-5-7-11-18(15)21/h6,8,10,12,15,17-18,20H,3-5,7,9,11,13-14H2,1-2H3. The Morgan fingerprint density at radius 1 is 1.14 bits per heavy atom. The summed E-state index contributed by atoms with van der Waals surface area (Å²) >= 11 is 0. The van der Waals surface area contributed by atoms with Crippen LogP contribution in [-0.2, 0) is 0 Å². The van der Waals surface area contributed by atoms with Crippen LogP contribution in [0.3, 0.4) is 0 Å². The van der Waals surface area contributed by atoms with Crippen LogP contribution in [0, 0.1) is 5.92 Å². The molecular weight excluding hydrogens is 256 g/mol. The van der Waals surface area contributed by atoms with Gasteiger partial charge in [-0.1, -0.05) is 44.9 Å². The normalized spacial score (nSPS) is 26.7. The van der Waals surface area contributed by atoms with Gasteiger partial charge in [0.15, 0.2) is 0 Å². The highest BCUT2D eigenvalue weighted by Crippen LogP contribution is 2.41. The number of para-hydroxylation sites is 1. The highest BCUT2D eigenvalue weighted by atomic mass is 15.2. The van der Waals surface area contributed by atoms with Gasteiger partial charge in [-0.25, -0.2) is 0 Å². The molecule has 3 atom stereocenters. The number of hydrogen-bond acceptors (Lipinski definition) is 2. The van der Waals surface area contributed by atoms with Crippen LogP contribution >= 0.6 is 0 Å². The third-order valence-electron chi connectivity index (χ3n) is 5.49. The number of anilines is 1. The van der Waals surface area contributed by atoms with Crippen LogP contribution in [-0.4, -0.2) is 19.1 Å². The lowest BCUT2D eigenvalue weighted by molar-refractivity contribution is 0.341. The zero-order valence-electron chi connectivity index (χ0n) is 13.6. The van der Waals surface area contributed by atoms with E-state index in [2.05, 4.69) is 48.3 Å². The van der Waals surface area contributed by atoms with Crippen molar-refractivity contribution in [1.82, 2.24) is 5.32 Å². The molecule has 1 aliphatic carbocycles. The van der Waals surface area contributed by atoms with E-state index in [-0.39, 0.29) is 0 Å². The van der Waals surface area contributed by atoms with Gasteiger partial charge in [-0.05, 0) is 49.8 Å². The summed E-state index contributed by atoms with van der Waals surface area (Å²) in [5.41, 5.74) is 3.01. The quantitative estimate of drug-likeness (QED) is 0.856. The molecular formula is C19H30N2. The molecule has 1 aromatic carbocycles. The van der Waals surface area contributed by atoms with Crippen LogP contribution in [0.25, 0.3) is 0 Å². The summed E-state index contributed by atoms with van der Waals surface area (Å²) in [4.78, 5) is 2.74. The number of benzene rings is 1. The third-order valence-corrected chi connectivity index (χ3v) is 5.49. The van der Waals surface area contributed by atoms with E-state index in [4.69, 9.17) is 0 Å². The molecule has 0 bridgehead atoms. The van der Waals surface area contributed by atoms with Crippen molar-refractivity contribution in [2.24, 2.45) is 5.92 Å². The first-order chi connectivity index (χ1) is 10.3. The van der Waals surface area contributed by atoms with Gasteiger partial charge in [0.1, 0.15) is 0 Å². The number of nitrogens with zero attached hydrogens (tertiary/aromatic N) is 1. The average Bonchev–Trinajstić information content (AvgIpc) is 2.96. The Balaban J connectivity index is 1.88. The van der Waals surface area contributed by atoms with Gasteiger partial charge in [-0.15, -0.1) is 0 Å². The summed E-state index contributed by atoms with van der Waals surface area (Å²) in [6, 6.07) is 10.4. The summed E-state index contributed by atoms with van der Waals surface area (Å²) in [5, 5.41) is 3.66. The van der Waals surface area contributed by atoms with Gasteiger partial charge in [0.05, 0.1) is 0 Å². The van der Waals surface area contributed by atoms with Gasteiger partial charge in [0.2, 0.25) is 0 Å². The second-order valence-electron chi connectivity index (χ2n) is 6.67. The van der Waals surface area contributed by atoms with Gasteiger partial charge in [-0.3, -0.25) is 0 Å². The first-order valence-corrected chi connectivity index (χ1v) is 8.94. The van der Waals surface area contributed by atoms with Crippen LogP contribution in [0.1, 0.15) is 64.0 Å². The molecule has 3 rings (SSSR count). The fourth-order valence-corrected chi connectivity index (χ4v) is 4.47. The van der Waals surface area contributed by atoms with E-state index in [1.165, 1.54) is 49.9 Å². The number of fused-ring (bicyclic) bond motifs is 1. The van der Waals surface area contributed by atoms with E-state index in [9.17, 15) is 0 Å². The molecule has 1 aromatic rings. The minimum absolute atomic E-state index is 0.494. The van der Waals surface area contributed by atoms with Gasteiger partial charge in [0, 0.05) is 24.3 Å². The zero-order valence-corrected chi connectivity index (χ0v) is 13.6. The maximum atomic E-state index is 3.66. The first-order valence-electron chi connectivity index (χ1n) is 8.94. The van der Waals surface area contributed by atoms with Gasteiger partial charge in [0.25, 0.3) is 0 Å². The third kappa shape index (κ3) is 2.96. The van der Waals surface area contributed by atoms with Crippen molar-refractivity contribution < 1.29 is 0 Å². The van der Waals surface area contributed by atoms with Crippen molar-refractivity contribution in [2.45, 2.75) is 64.5 Å². The Labute approximate surface area is 129 Å². The minimum Gasteiger partial charge on any atom is -0.368 e. The summed E-state index contributed by atoms with van der Waals surface area (Å²) in [5.74, 6) is 0.950. The highest BCUT2D eigenvalue weighted by Gasteiger charge is 2.36. The Morgan fingerprint density at radius 2 is 1.95 bits per heavy atom. The van der Waals surface area contributed by atoms with Crippen molar-refractivity contribution in [3.8, 4) is 0 Å². The number of hydrogen-bond donors (Lipinski definition) is 1. The summed E-state index contributed by atoms with van der Waals surface area (Å²) < 4.78 is 0. The minimum atomic E-state index is 0.494. The fraction of sp³-hybridized carbons (Fsp3) is 0.684. The van der Waals surface area contributed by atoms with Crippen LogP contribution in [0.5, 0.6) is 0 Å². The topological polar surface area (TPSA) is 15.3 Å². The molecule has 1 saturated heterocycles. The Morgan fingerprint density at radius 3 is 2.76 bits per heavy atom. The van der Waals surface area contributed by atoms with Crippen molar-refractivity contribution in [3.05, 3.63) is 29.8 Å². The second kappa shape index (κ2) is 6.83. The van der Waals surface area contributed by atoms with Crippen LogP contribution < -0.4 is 10.2 Å². The van der Waals surface area contributed by atoms with Crippen molar-refractivity contribution >= 4 is 5.69 Å². The number of nitrogens with one attached hydrogen (secondary N) is 1. The van der Waals surface area contributed by atoms with Gasteiger partial charge in [-0.2, -0.15) is 0 Å².